The SMILES string of the molecule is CNC(C)CN1CCCC1CN(C)C. The zero-order valence-corrected chi connectivity index (χ0v) is 10.1. The van der Waals surface area contributed by atoms with Crippen molar-refractivity contribution in [3.8, 4) is 0 Å². The summed E-state index contributed by atoms with van der Waals surface area (Å²) in [6.45, 7) is 5.93. The molecule has 0 aliphatic carbocycles. The summed E-state index contributed by atoms with van der Waals surface area (Å²) in [7, 11) is 6.37. The van der Waals surface area contributed by atoms with E-state index in [-0.39, 0.29) is 0 Å². The average Bonchev–Trinajstić information content (AvgIpc) is 2.52. The summed E-state index contributed by atoms with van der Waals surface area (Å²) in [5, 5.41) is 3.31. The quantitative estimate of drug-likeness (QED) is 0.700. The van der Waals surface area contributed by atoms with Gasteiger partial charge in [-0.25, -0.2) is 0 Å². The van der Waals surface area contributed by atoms with Crippen molar-refractivity contribution in [1.82, 2.24) is 15.1 Å². The standard InChI is InChI=1S/C11H25N3/c1-10(12-2)8-14-7-5-6-11(14)9-13(3)4/h10-12H,5-9H2,1-4H3. The Morgan fingerprint density at radius 1 is 1.50 bits per heavy atom. The van der Waals surface area contributed by atoms with Gasteiger partial charge in [0.25, 0.3) is 0 Å². The molecule has 0 radical (unpaired) electrons. The number of hydrogen-bond acceptors (Lipinski definition) is 3. The molecule has 1 rings (SSSR count). The molecule has 1 saturated heterocycles. The van der Waals surface area contributed by atoms with E-state index < -0.39 is 0 Å². The molecule has 0 saturated carbocycles. The van der Waals surface area contributed by atoms with Crippen LogP contribution in [-0.4, -0.2) is 62.7 Å². The number of likely N-dealkylation sites (tertiary alicyclic amines) is 1. The van der Waals surface area contributed by atoms with Crippen molar-refractivity contribution < 1.29 is 0 Å². The third-order valence-corrected chi connectivity index (χ3v) is 3.08. The fourth-order valence-electron chi connectivity index (χ4n) is 2.21. The predicted molar refractivity (Wildman–Crippen MR) is 61.7 cm³/mol. The lowest BCUT2D eigenvalue weighted by atomic mass is 10.2. The highest BCUT2D eigenvalue weighted by Gasteiger charge is 2.25. The normalized spacial score (nSPS) is 25.9. The second-order valence-electron chi connectivity index (χ2n) is 4.74. The molecule has 2 unspecified atom stereocenters. The molecule has 1 aliphatic heterocycles. The Labute approximate surface area is 88.5 Å². The minimum absolute atomic E-state index is 0.609. The molecule has 14 heavy (non-hydrogen) atoms. The Bertz CT molecular complexity index is 159. The van der Waals surface area contributed by atoms with Crippen molar-refractivity contribution in [3.63, 3.8) is 0 Å². The van der Waals surface area contributed by atoms with Gasteiger partial charge in [-0.1, -0.05) is 0 Å². The minimum atomic E-state index is 0.609. The molecule has 1 heterocycles. The summed E-state index contributed by atoms with van der Waals surface area (Å²) in [4.78, 5) is 4.92. The van der Waals surface area contributed by atoms with Crippen LogP contribution in [0.5, 0.6) is 0 Å². The molecule has 3 nitrogen and oxygen atoms in total. The van der Waals surface area contributed by atoms with E-state index in [1.807, 2.05) is 7.05 Å². The number of nitrogens with one attached hydrogen (secondary N) is 1. The molecular formula is C11H25N3. The van der Waals surface area contributed by atoms with Gasteiger partial charge in [-0.3, -0.25) is 4.90 Å². The summed E-state index contributed by atoms with van der Waals surface area (Å²) < 4.78 is 0. The lowest BCUT2D eigenvalue weighted by Gasteiger charge is -2.29. The van der Waals surface area contributed by atoms with E-state index in [1.165, 1.54) is 32.5 Å². The molecule has 2 atom stereocenters. The van der Waals surface area contributed by atoms with E-state index in [4.69, 9.17) is 0 Å². The second-order valence-corrected chi connectivity index (χ2v) is 4.74. The number of rotatable bonds is 5. The molecule has 0 bridgehead atoms. The molecule has 0 aromatic heterocycles. The molecule has 0 aromatic rings. The predicted octanol–water partition coefficient (Wildman–Crippen LogP) is 0.620. The summed E-state index contributed by atoms with van der Waals surface area (Å²) in [5.74, 6) is 0. The van der Waals surface area contributed by atoms with Gasteiger partial charge >= 0.3 is 0 Å². The van der Waals surface area contributed by atoms with Gasteiger partial charge in [0, 0.05) is 25.2 Å². The van der Waals surface area contributed by atoms with Gasteiger partial charge in [-0.05, 0) is 47.5 Å². The first-order chi connectivity index (χ1) is 6.63. The van der Waals surface area contributed by atoms with Crippen LogP contribution in [0.4, 0.5) is 0 Å². The largest absolute Gasteiger partial charge is 0.316 e. The molecule has 0 aromatic carbocycles. The van der Waals surface area contributed by atoms with Crippen molar-refractivity contribution in [3.05, 3.63) is 0 Å². The van der Waals surface area contributed by atoms with E-state index in [2.05, 4.69) is 36.1 Å². The van der Waals surface area contributed by atoms with Crippen LogP contribution < -0.4 is 5.32 Å². The maximum absolute atomic E-state index is 3.31. The van der Waals surface area contributed by atoms with Crippen LogP contribution in [0.1, 0.15) is 19.8 Å². The fraction of sp³-hybridized carbons (Fsp3) is 1.00. The Morgan fingerprint density at radius 3 is 2.79 bits per heavy atom. The van der Waals surface area contributed by atoms with Crippen LogP contribution in [0.25, 0.3) is 0 Å². The molecular weight excluding hydrogens is 174 g/mol. The number of likely N-dealkylation sites (N-methyl/N-ethyl adjacent to an activating group) is 2. The molecule has 1 aliphatic rings. The van der Waals surface area contributed by atoms with Crippen molar-refractivity contribution in [1.29, 1.82) is 0 Å². The fourth-order valence-corrected chi connectivity index (χ4v) is 2.21. The minimum Gasteiger partial charge on any atom is -0.316 e. The van der Waals surface area contributed by atoms with Crippen molar-refractivity contribution in [2.45, 2.75) is 31.8 Å². The monoisotopic (exact) mass is 199 g/mol. The maximum atomic E-state index is 3.31. The summed E-state index contributed by atoms with van der Waals surface area (Å²) in [5.41, 5.74) is 0. The van der Waals surface area contributed by atoms with Gasteiger partial charge < -0.3 is 10.2 Å². The van der Waals surface area contributed by atoms with E-state index in [0.29, 0.717) is 6.04 Å². The first kappa shape index (κ1) is 12.0. The first-order valence-electron chi connectivity index (χ1n) is 5.69. The highest BCUT2D eigenvalue weighted by molar-refractivity contribution is 4.82. The zero-order valence-electron chi connectivity index (χ0n) is 10.1. The Kier molecular flexibility index (Phi) is 4.85. The Morgan fingerprint density at radius 2 is 2.21 bits per heavy atom. The third-order valence-electron chi connectivity index (χ3n) is 3.08. The Balaban J connectivity index is 2.35. The van der Waals surface area contributed by atoms with Crippen molar-refractivity contribution in [2.75, 3.05) is 40.8 Å². The van der Waals surface area contributed by atoms with E-state index in [0.717, 1.165) is 6.04 Å². The van der Waals surface area contributed by atoms with Crippen LogP contribution in [0.2, 0.25) is 0 Å². The van der Waals surface area contributed by atoms with Crippen LogP contribution in [0, 0.1) is 0 Å². The van der Waals surface area contributed by atoms with Gasteiger partial charge in [0.2, 0.25) is 0 Å². The highest BCUT2D eigenvalue weighted by atomic mass is 15.2. The van der Waals surface area contributed by atoms with Gasteiger partial charge in [0.05, 0.1) is 0 Å². The topological polar surface area (TPSA) is 18.5 Å². The summed E-state index contributed by atoms with van der Waals surface area (Å²) in [6.07, 6.45) is 2.74. The summed E-state index contributed by atoms with van der Waals surface area (Å²) in [6, 6.07) is 1.39. The van der Waals surface area contributed by atoms with E-state index in [9.17, 15) is 0 Å². The number of nitrogens with zero attached hydrogens (tertiary/aromatic N) is 2. The average molecular weight is 199 g/mol. The maximum Gasteiger partial charge on any atom is 0.0224 e. The van der Waals surface area contributed by atoms with Gasteiger partial charge in [-0.15, -0.1) is 0 Å². The molecule has 1 fully saturated rings. The van der Waals surface area contributed by atoms with Crippen LogP contribution >= 0.6 is 0 Å². The zero-order chi connectivity index (χ0) is 10.6. The van der Waals surface area contributed by atoms with Crippen molar-refractivity contribution in [2.24, 2.45) is 0 Å². The third kappa shape index (κ3) is 3.56. The lowest BCUT2D eigenvalue weighted by Crippen LogP contribution is -2.43. The molecule has 0 spiro atoms. The Hall–Kier alpha value is -0.120. The summed E-state index contributed by atoms with van der Waals surface area (Å²) >= 11 is 0. The first-order valence-corrected chi connectivity index (χ1v) is 5.69. The van der Waals surface area contributed by atoms with Gasteiger partial charge in [-0.2, -0.15) is 0 Å². The molecule has 3 heteroatoms. The van der Waals surface area contributed by atoms with Gasteiger partial charge in [0.1, 0.15) is 0 Å². The van der Waals surface area contributed by atoms with Crippen LogP contribution in [0.15, 0.2) is 0 Å². The second kappa shape index (κ2) is 5.69. The van der Waals surface area contributed by atoms with E-state index >= 15 is 0 Å². The smallest absolute Gasteiger partial charge is 0.0224 e. The molecule has 1 N–H and O–H groups in total. The van der Waals surface area contributed by atoms with Crippen LogP contribution in [-0.2, 0) is 0 Å². The van der Waals surface area contributed by atoms with Crippen LogP contribution in [0.3, 0.4) is 0 Å². The van der Waals surface area contributed by atoms with Gasteiger partial charge in [0.15, 0.2) is 0 Å². The highest BCUT2D eigenvalue weighted by Crippen LogP contribution is 2.17. The van der Waals surface area contributed by atoms with E-state index in [1.54, 1.807) is 0 Å². The van der Waals surface area contributed by atoms with Crippen molar-refractivity contribution >= 4 is 0 Å². The molecule has 0 amide bonds. The molecule has 84 valence electrons. The number of hydrogen-bond donors (Lipinski definition) is 1. The lowest BCUT2D eigenvalue weighted by molar-refractivity contribution is 0.195.